The zero-order valence-corrected chi connectivity index (χ0v) is 14.4. The Hall–Kier alpha value is -0.690. The second-order valence-corrected chi connectivity index (χ2v) is 4.54. The van der Waals surface area contributed by atoms with E-state index in [1.807, 2.05) is 27.7 Å². The summed E-state index contributed by atoms with van der Waals surface area (Å²) in [6.07, 6.45) is 0. The molecule has 0 spiro atoms. The molecule has 0 rings (SSSR count). The zero-order chi connectivity index (χ0) is 16.5. The van der Waals surface area contributed by atoms with E-state index in [-0.39, 0.29) is 13.3 Å². The number of ether oxygens (including phenoxy) is 3. The van der Waals surface area contributed by atoms with Crippen molar-refractivity contribution >= 4 is 5.91 Å². The fraction of sp³-hybridized carbons (Fsp3) is 0.933. The highest BCUT2D eigenvalue weighted by Crippen LogP contribution is 1.98. The lowest BCUT2D eigenvalue weighted by molar-refractivity contribution is -0.133. The van der Waals surface area contributed by atoms with E-state index in [9.17, 15) is 4.79 Å². The molecule has 0 saturated heterocycles. The van der Waals surface area contributed by atoms with Gasteiger partial charge in [-0.15, -0.1) is 0 Å². The fourth-order valence-electron chi connectivity index (χ4n) is 1.38. The van der Waals surface area contributed by atoms with Gasteiger partial charge in [-0.1, -0.05) is 27.7 Å². The van der Waals surface area contributed by atoms with Gasteiger partial charge in [-0.3, -0.25) is 4.79 Å². The maximum absolute atomic E-state index is 11.6. The van der Waals surface area contributed by atoms with Crippen molar-refractivity contribution in [1.82, 2.24) is 4.90 Å². The number of hydrogen-bond acceptors (Lipinski definition) is 5. The minimum Gasteiger partial charge on any atom is -0.378 e. The van der Waals surface area contributed by atoms with Crippen molar-refractivity contribution in [3.05, 3.63) is 0 Å². The lowest BCUT2D eigenvalue weighted by Crippen LogP contribution is -2.33. The van der Waals surface area contributed by atoms with E-state index < -0.39 is 0 Å². The summed E-state index contributed by atoms with van der Waals surface area (Å²) in [5, 5.41) is 0. The largest absolute Gasteiger partial charge is 0.378 e. The van der Waals surface area contributed by atoms with E-state index in [2.05, 4.69) is 0 Å². The van der Waals surface area contributed by atoms with Crippen molar-refractivity contribution in [2.75, 3.05) is 59.8 Å². The fourth-order valence-corrected chi connectivity index (χ4v) is 1.38. The van der Waals surface area contributed by atoms with E-state index >= 15 is 0 Å². The van der Waals surface area contributed by atoms with Crippen molar-refractivity contribution in [3.8, 4) is 0 Å². The van der Waals surface area contributed by atoms with E-state index in [0.717, 1.165) is 0 Å². The molecule has 6 nitrogen and oxygen atoms in total. The van der Waals surface area contributed by atoms with Crippen LogP contribution in [0.3, 0.4) is 0 Å². The van der Waals surface area contributed by atoms with Gasteiger partial charge < -0.3 is 24.8 Å². The standard InChI is InChI=1S/C13H28N2O4.C2H6.H2/c1-12(2)13(16)15(3)5-7-18-9-11-19-10-8-17-6-4-14;1-2;/h12H,4-11,14H2,1-3H3;1-2H3;1H. The van der Waals surface area contributed by atoms with Crippen LogP contribution in [0.15, 0.2) is 0 Å². The number of rotatable bonds is 12. The normalized spacial score (nSPS) is 10.2. The second-order valence-electron chi connectivity index (χ2n) is 4.54. The Labute approximate surface area is 131 Å². The van der Waals surface area contributed by atoms with Crippen LogP contribution in [0.25, 0.3) is 0 Å². The SMILES string of the molecule is CC.CC(C)C(=O)N(C)CCOCCOCCOCCN.[HH]. The average Bonchev–Trinajstić information content (AvgIpc) is 2.50. The lowest BCUT2D eigenvalue weighted by atomic mass is 10.2. The third kappa shape index (κ3) is 15.5. The van der Waals surface area contributed by atoms with Crippen molar-refractivity contribution in [2.24, 2.45) is 11.7 Å². The molecule has 0 fully saturated rings. The molecule has 130 valence electrons. The maximum Gasteiger partial charge on any atom is 0.224 e. The van der Waals surface area contributed by atoms with Gasteiger partial charge >= 0.3 is 0 Å². The first-order valence-corrected chi connectivity index (χ1v) is 7.77. The molecule has 0 aromatic heterocycles. The Morgan fingerprint density at radius 1 is 1.00 bits per heavy atom. The molecule has 0 aliphatic rings. The number of likely N-dealkylation sites (N-methyl/N-ethyl adjacent to an activating group) is 1. The Morgan fingerprint density at radius 2 is 1.43 bits per heavy atom. The summed E-state index contributed by atoms with van der Waals surface area (Å²) in [5.41, 5.74) is 5.27. The zero-order valence-electron chi connectivity index (χ0n) is 14.4. The van der Waals surface area contributed by atoms with Gasteiger partial charge in [-0.25, -0.2) is 0 Å². The molecule has 1 amide bonds. The summed E-state index contributed by atoms with van der Waals surface area (Å²) in [4.78, 5) is 13.2. The number of nitrogens with zero attached hydrogens (tertiary/aromatic N) is 1. The monoisotopic (exact) mass is 308 g/mol. The third-order valence-electron chi connectivity index (χ3n) is 2.45. The molecule has 0 bridgehead atoms. The van der Waals surface area contributed by atoms with Gasteiger partial charge in [0.25, 0.3) is 0 Å². The third-order valence-corrected chi connectivity index (χ3v) is 2.45. The molecule has 0 aromatic carbocycles. The molecule has 21 heavy (non-hydrogen) atoms. The van der Waals surface area contributed by atoms with E-state index in [1.54, 1.807) is 11.9 Å². The number of amides is 1. The molecule has 0 heterocycles. The summed E-state index contributed by atoms with van der Waals surface area (Å²) in [5.74, 6) is 0.166. The summed E-state index contributed by atoms with van der Waals surface area (Å²) < 4.78 is 15.8. The minimum absolute atomic E-state index is 0. The Kier molecular flexibility index (Phi) is 18.7. The highest BCUT2D eigenvalue weighted by molar-refractivity contribution is 5.77. The Balaban J connectivity index is -0.00000115. The van der Waals surface area contributed by atoms with Crippen LogP contribution in [0.2, 0.25) is 0 Å². The van der Waals surface area contributed by atoms with Gasteiger partial charge in [0.2, 0.25) is 5.91 Å². The molecule has 0 atom stereocenters. The number of carbonyl (C=O) groups is 1. The second kappa shape index (κ2) is 17.4. The maximum atomic E-state index is 11.6. The van der Waals surface area contributed by atoms with Crippen LogP contribution in [-0.2, 0) is 19.0 Å². The van der Waals surface area contributed by atoms with Gasteiger partial charge in [0, 0.05) is 27.5 Å². The van der Waals surface area contributed by atoms with E-state index in [4.69, 9.17) is 19.9 Å². The predicted molar refractivity (Wildman–Crippen MR) is 87.4 cm³/mol. The van der Waals surface area contributed by atoms with Gasteiger partial charge in [0.1, 0.15) is 0 Å². The predicted octanol–water partition coefficient (Wildman–Crippen LogP) is 1.38. The van der Waals surface area contributed by atoms with Crippen LogP contribution in [0.1, 0.15) is 29.1 Å². The molecule has 0 saturated carbocycles. The molecule has 0 unspecified atom stereocenters. The molecular formula is C15H36N2O4. The molecule has 0 aliphatic carbocycles. The van der Waals surface area contributed by atoms with Gasteiger partial charge in [-0.05, 0) is 0 Å². The van der Waals surface area contributed by atoms with E-state index in [0.29, 0.717) is 52.7 Å². The van der Waals surface area contributed by atoms with Crippen LogP contribution in [0, 0.1) is 5.92 Å². The van der Waals surface area contributed by atoms with Gasteiger partial charge in [0.05, 0.1) is 39.6 Å². The number of carbonyl (C=O) groups excluding carboxylic acids is 1. The first-order chi connectivity index (χ1) is 10.1. The van der Waals surface area contributed by atoms with Gasteiger partial charge in [-0.2, -0.15) is 0 Å². The van der Waals surface area contributed by atoms with Gasteiger partial charge in [0.15, 0.2) is 0 Å². The summed E-state index contributed by atoms with van der Waals surface area (Å²) in [6.45, 7) is 12.2. The smallest absolute Gasteiger partial charge is 0.224 e. The minimum atomic E-state index is 0. The van der Waals surface area contributed by atoms with Crippen molar-refractivity contribution < 1.29 is 20.4 Å². The molecule has 6 heteroatoms. The quantitative estimate of drug-likeness (QED) is 0.551. The number of hydrogen-bond donors (Lipinski definition) is 1. The van der Waals surface area contributed by atoms with Crippen molar-refractivity contribution in [2.45, 2.75) is 27.7 Å². The topological polar surface area (TPSA) is 74.0 Å². The van der Waals surface area contributed by atoms with Crippen LogP contribution in [-0.4, -0.2) is 70.6 Å². The highest BCUT2D eigenvalue weighted by atomic mass is 16.5. The van der Waals surface area contributed by atoms with Crippen LogP contribution < -0.4 is 5.73 Å². The Bertz CT molecular complexity index is 232. The first-order valence-electron chi connectivity index (χ1n) is 7.77. The average molecular weight is 308 g/mol. The van der Waals surface area contributed by atoms with Crippen LogP contribution >= 0.6 is 0 Å². The van der Waals surface area contributed by atoms with E-state index in [1.165, 1.54) is 0 Å². The van der Waals surface area contributed by atoms with Crippen LogP contribution in [0.5, 0.6) is 0 Å². The molecule has 0 radical (unpaired) electrons. The molecule has 0 aliphatic heterocycles. The van der Waals surface area contributed by atoms with Crippen molar-refractivity contribution in [1.29, 1.82) is 0 Å². The highest BCUT2D eigenvalue weighted by Gasteiger charge is 2.11. The first kappa shape index (κ1) is 22.6. The molecule has 2 N–H and O–H groups in total. The number of nitrogens with two attached hydrogens (primary N) is 1. The molecule has 0 aromatic rings. The van der Waals surface area contributed by atoms with Crippen LogP contribution in [0.4, 0.5) is 0 Å². The summed E-state index contributed by atoms with van der Waals surface area (Å²) in [7, 11) is 1.79. The summed E-state index contributed by atoms with van der Waals surface area (Å²) >= 11 is 0. The molecular weight excluding hydrogens is 272 g/mol. The van der Waals surface area contributed by atoms with Crippen molar-refractivity contribution in [3.63, 3.8) is 0 Å². The lowest BCUT2D eigenvalue weighted by Gasteiger charge is -2.19. The Morgan fingerprint density at radius 3 is 1.86 bits per heavy atom. The summed E-state index contributed by atoms with van der Waals surface area (Å²) in [6, 6.07) is 0.